The minimum Gasteiger partial charge on any atom is -0.410 e. The topological polar surface area (TPSA) is 38.7 Å². The average molecular weight is 205 g/mol. The minimum atomic E-state index is -0.666. The summed E-state index contributed by atoms with van der Waals surface area (Å²) in [6.07, 6.45) is 6.84. The number of carbonyl (C=O) groups is 1. The number of carbonyl (C=O) groups excluding carboxylic acids is 1. The van der Waals surface area contributed by atoms with Crippen molar-refractivity contribution in [2.24, 2.45) is 22.7 Å². The van der Waals surface area contributed by atoms with E-state index in [1.807, 2.05) is 13.8 Å². The van der Waals surface area contributed by atoms with Gasteiger partial charge in [0.1, 0.15) is 0 Å². The molecule has 0 aromatic rings. The van der Waals surface area contributed by atoms with E-state index in [1.165, 1.54) is 6.42 Å². The quantitative estimate of drug-likeness (QED) is 0.484. The van der Waals surface area contributed by atoms with E-state index >= 15 is 0 Å². The zero-order chi connectivity index (χ0) is 10.6. The van der Waals surface area contributed by atoms with Gasteiger partial charge in [-0.25, -0.2) is 9.79 Å². The van der Waals surface area contributed by atoms with Gasteiger partial charge in [-0.2, -0.15) is 0 Å². The Hall–Kier alpha value is -1.12. The fourth-order valence-electron chi connectivity index (χ4n) is 2.79. The fourth-order valence-corrected chi connectivity index (χ4v) is 2.79. The molecule has 0 aromatic heterocycles. The van der Waals surface area contributed by atoms with E-state index in [1.54, 1.807) is 0 Å². The summed E-state index contributed by atoms with van der Waals surface area (Å²) in [5.74, 6) is 2.07. The number of rotatable bonds is 1. The Bertz CT molecular complexity index is 381. The smallest absolute Gasteiger partial charge is 0.340 e. The Morgan fingerprint density at radius 1 is 1.40 bits per heavy atom. The van der Waals surface area contributed by atoms with Crippen LogP contribution in [0.3, 0.4) is 0 Å². The van der Waals surface area contributed by atoms with E-state index in [-0.39, 0.29) is 5.97 Å². The van der Waals surface area contributed by atoms with Crippen molar-refractivity contribution in [3.05, 3.63) is 12.2 Å². The molecule has 0 amide bonds. The second-order valence-corrected chi connectivity index (χ2v) is 5.29. The van der Waals surface area contributed by atoms with Crippen LogP contribution in [0.2, 0.25) is 0 Å². The largest absolute Gasteiger partial charge is 0.410 e. The second kappa shape index (κ2) is 2.71. The van der Waals surface area contributed by atoms with Crippen LogP contribution in [0.15, 0.2) is 17.1 Å². The molecule has 0 unspecified atom stereocenters. The molecule has 1 aliphatic heterocycles. The number of fused-ring (bicyclic) bond motifs is 2. The summed E-state index contributed by atoms with van der Waals surface area (Å²) in [6, 6.07) is 0. The lowest BCUT2D eigenvalue weighted by atomic mass is 9.93. The van der Waals surface area contributed by atoms with Gasteiger partial charge in [-0.3, -0.25) is 0 Å². The molecule has 3 nitrogen and oxygen atoms in total. The molecule has 1 fully saturated rings. The first kappa shape index (κ1) is 9.13. The number of ether oxygens (including phenoxy) is 1. The Labute approximate surface area is 89.2 Å². The number of allylic oxidation sites excluding steroid dienone is 2. The Kier molecular flexibility index (Phi) is 1.65. The normalized spacial score (nSPS) is 40.8. The molecular weight excluding hydrogens is 190 g/mol. The van der Waals surface area contributed by atoms with Gasteiger partial charge >= 0.3 is 5.97 Å². The van der Waals surface area contributed by atoms with E-state index in [9.17, 15) is 4.79 Å². The zero-order valence-corrected chi connectivity index (χ0v) is 9.06. The summed E-state index contributed by atoms with van der Waals surface area (Å²) in [5.41, 5.74) is -0.666. The molecule has 2 aliphatic carbocycles. The maximum absolute atomic E-state index is 11.5. The highest BCUT2D eigenvalue weighted by Gasteiger charge is 2.45. The van der Waals surface area contributed by atoms with Crippen molar-refractivity contribution in [1.82, 2.24) is 0 Å². The predicted octanol–water partition coefficient (Wildman–Crippen LogP) is 1.93. The van der Waals surface area contributed by atoms with Gasteiger partial charge in [0.25, 0.3) is 0 Å². The van der Waals surface area contributed by atoms with Crippen LogP contribution in [-0.2, 0) is 9.53 Å². The summed E-state index contributed by atoms with van der Waals surface area (Å²) in [5, 5.41) is 0. The Morgan fingerprint density at radius 2 is 2.20 bits per heavy atom. The number of hydrogen-bond acceptors (Lipinski definition) is 3. The van der Waals surface area contributed by atoms with E-state index in [0.29, 0.717) is 23.7 Å². The van der Waals surface area contributed by atoms with E-state index < -0.39 is 5.54 Å². The van der Waals surface area contributed by atoms with Gasteiger partial charge < -0.3 is 4.74 Å². The van der Waals surface area contributed by atoms with Gasteiger partial charge in [0.05, 0.1) is 0 Å². The molecule has 0 saturated heterocycles. The third kappa shape index (κ3) is 1.25. The van der Waals surface area contributed by atoms with Crippen LogP contribution in [0, 0.1) is 17.8 Å². The standard InChI is InChI=1S/C12H15NO2/c1-12(2)11(14)15-10(13-12)9-6-7-3-4-8(9)5-7/h3-4,7-9H,5-6H2,1-2H3/t7-,8+,9-/m0/s1. The summed E-state index contributed by atoms with van der Waals surface area (Å²) in [6.45, 7) is 3.62. The molecule has 1 heterocycles. The first-order valence-electron chi connectivity index (χ1n) is 5.56. The van der Waals surface area contributed by atoms with Gasteiger partial charge in [-0.15, -0.1) is 0 Å². The molecule has 15 heavy (non-hydrogen) atoms. The van der Waals surface area contributed by atoms with Gasteiger partial charge in [0.15, 0.2) is 11.4 Å². The van der Waals surface area contributed by atoms with Crippen LogP contribution < -0.4 is 0 Å². The lowest BCUT2D eigenvalue weighted by molar-refractivity contribution is -0.138. The minimum absolute atomic E-state index is 0.204. The molecule has 0 aromatic carbocycles. The molecule has 3 aliphatic rings. The van der Waals surface area contributed by atoms with Crippen molar-refractivity contribution >= 4 is 11.9 Å². The number of esters is 1. The lowest BCUT2D eigenvalue weighted by Crippen LogP contribution is -2.25. The first-order valence-corrected chi connectivity index (χ1v) is 5.56. The summed E-state index contributed by atoms with van der Waals surface area (Å²) in [4.78, 5) is 15.9. The molecule has 0 spiro atoms. The number of nitrogens with zero attached hydrogens (tertiary/aromatic N) is 1. The van der Waals surface area contributed by atoms with Crippen LogP contribution in [0.25, 0.3) is 0 Å². The zero-order valence-electron chi connectivity index (χ0n) is 9.06. The van der Waals surface area contributed by atoms with E-state index in [4.69, 9.17) is 4.74 Å². The van der Waals surface area contributed by atoms with Crippen molar-refractivity contribution in [3.63, 3.8) is 0 Å². The van der Waals surface area contributed by atoms with Gasteiger partial charge in [0.2, 0.25) is 0 Å². The number of aliphatic imine (C=N–C) groups is 1. The van der Waals surface area contributed by atoms with Gasteiger partial charge in [-0.05, 0) is 38.5 Å². The highest BCUT2D eigenvalue weighted by Crippen LogP contribution is 2.45. The molecule has 0 N–H and O–H groups in total. The van der Waals surface area contributed by atoms with E-state index in [0.717, 1.165) is 6.42 Å². The Morgan fingerprint density at radius 3 is 2.67 bits per heavy atom. The van der Waals surface area contributed by atoms with Crippen molar-refractivity contribution in [1.29, 1.82) is 0 Å². The first-order chi connectivity index (χ1) is 7.06. The van der Waals surface area contributed by atoms with Crippen LogP contribution in [0.1, 0.15) is 26.7 Å². The predicted molar refractivity (Wildman–Crippen MR) is 56.5 cm³/mol. The summed E-state index contributed by atoms with van der Waals surface area (Å²) in [7, 11) is 0. The summed E-state index contributed by atoms with van der Waals surface area (Å²) < 4.78 is 5.29. The SMILES string of the molecule is CC1(C)N=C([C@H]2C[C@H]3C=C[C@@H]2C3)OC1=O. The molecule has 1 saturated carbocycles. The molecule has 3 heteroatoms. The monoisotopic (exact) mass is 205 g/mol. The van der Waals surface area contributed by atoms with Crippen LogP contribution >= 0.6 is 0 Å². The third-order valence-corrected chi connectivity index (χ3v) is 3.68. The molecule has 3 atom stereocenters. The average Bonchev–Trinajstić information content (AvgIpc) is 2.81. The molecule has 80 valence electrons. The van der Waals surface area contributed by atoms with E-state index in [2.05, 4.69) is 17.1 Å². The molecule has 0 radical (unpaired) electrons. The molecule has 3 rings (SSSR count). The maximum atomic E-state index is 11.5. The van der Waals surface area contributed by atoms with Crippen LogP contribution in [-0.4, -0.2) is 17.4 Å². The highest BCUT2D eigenvalue weighted by atomic mass is 16.6. The Balaban J connectivity index is 1.86. The van der Waals surface area contributed by atoms with Crippen molar-refractivity contribution in [3.8, 4) is 0 Å². The van der Waals surface area contributed by atoms with Crippen molar-refractivity contribution in [2.45, 2.75) is 32.2 Å². The van der Waals surface area contributed by atoms with Crippen LogP contribution in [0.4, 0.5) is 0 Å². The van der Waals surface area contributed by atoms with Crippen molar-refractivity contribution in [2.75, 3.05) is 0 Å². The summed E-state index contributed by atoms with van der Waals surface area (Å²) >= 11 is 0. The fraction of sp³-hybridized carbons (Fsp3) is 0.667. The lowest BCUT2D eigenvalue weighted by Gasteiger charge is -2.16. The third-order valence-electron chi connectivity index (χ3n) is 3.68. The maximum Gasteiger partial charge on any atom is 0.340 e. The number of cyclic esters (lactones) is 1. The van der Waals surface area contributed by atoms with Crippen LogP contribution in [0.5, 0.6) is 0 Å². The highest BCUT2D eigenvalue weighted by molar-refractivity contribution is 6.00. The second-order valence-electron chi connectivity index (χ2n) is 5.29. The molecule has 2 bridgehead atoms. The van der Waals surface area contributed by atoms with Gasteiger partial charge in [-0.1, -0.05) is 12.2 Å². The number of hydrogen-bond donors (Lipinski definition) is 0. The molecular formula is C12H15NO2. The van der Waals surface area contributed by atoms with Gasteiger partial charge in [0, 0.05) is 5.92 Å². The van der Waals surface area contributed by atoms with Crippen molar-refractivity contribution < 1.29 is 9.53 Å².